The van der Waals surface area contributed by atoms with Crippen molar-refractivity contribution in [2.75, 3.05) is 6.61 Å². The van der Waals surface area contributed by atoms with Gasteiger partial charge in [0.25, 0.3) is 0 Å². The third-order valence-electron chi connectivity index (χ3n) is 2.20. The number of carboxylic acids is 1. The maximum Gasteiger partial charge on any atom is 0.352 e. The average Bonchev–Trinajstić information content (AvgIpc) is 2.15. The minimum Gasteiger partial charge on any atom is -0.478 e. The number of rotatable bonds is 2. The maximum absolute atomic E-state index is 11.8. The van der Waals surface area contributed by atoms with Gasteiger partial charge in [-0.15, -0.1) is 0 Å². The molecule has 0 saturated carbocycles. The van der Waals surface area contributed by atoms with E-state index >= 15 is 0 Å². The highest BCUT2D eigenvalue weighted by atomic mass is 16.6. The molecule has 6 heteroatoms. The van der Waals surface area contributed by atoms with E-state index in [0.29, 0.717) is 0 Å². The second-order valence-corrected chi connectivity index (χ2v) is 4.85. The fourth-order valence-electron chi connectivity index (χ4n) is 1.42. The van der Waals surface area contributed by atoms with Crippen LogP contribution in [-0.2, 0) is 19.1 Å². The summed E-state index contributed by atoms with van der Waals surface area (Å²) in [5, 5.41) is 9.02. The lowest BCUT2D eigenvalue weighted by Crippen LogP contribution is -2.60. The van der Waals surface area contributed by atoms with Crippen LogP contribution >= 0.6 is 0 Å². The predicted octanol–water partition coefficient (Wildman–Crippen LogP) is 0.270. The van der Waals surface area contributed by atoms with Crippen molar-refractivity contribution in [3.63, 3.8) is 0 Å². The molecule has 17 heavy (non-hydrogen) atoms. The van der Waals surface area contributed by atoms with Gasteiger partial charge in [-0.1, -0.05) is 12.2 Å². The van der Waals surface area contributed by atoms with Crippen molar-refractivity contribution >= 4 is 11.9 Å². The monoisotopic (exact) mass is 243 g/mol. The van der Waals surface area contributed by atoms with Crippen LogP contribution in [0.25, 0.3) is 0 Å². The summed E-state index contributed by atoms with van der Waals surface area (Å²) < 4.78 is 10.1. The molecule has 0 amide bonds. The molecule has 0 spiro atoms. The van der Waals surface area contributed by atoms with Crippen molar-refractivity contribution in [2.24, 2.45) is 11.7 Å². The van der Waals surface area contributed by atoms with Crippen LogP contribution in [-0.4, -0.2) is 35.0 Å². The van der Waals surface area contributed by atoms with Crippen LogP contribution in [0, 0.1) is 5.92 Å². The van der Waals surface area contributed by atoms with Gasteiger partial charge in [0.15, 0.2) is 0 Å². The molecule has 0 aromatic rings. The highest BCUT2D eigenvalue weighted by Crippen LogP contribution is 2.25. The number of nitrogens with two attached hydrogens (primary N) is 1. The van der Waals surface area contributed by atoms with Gasteiger partial charge in [-0.05, 0) is 20.8 Å². The number of ether oxygens (including phenoxy) is 2. The van der Waals surface area contributed by atoms with E-state index in [1.165, 1.54) is 6.08 Å². The minimum absolute atomic E-state index is 0.0576. The SMILES string of the molecule is CC(C)(C)OC(=O)[C@H]1C=CCO[C@]1(N)C(=O)O. The van der Waals surface area contributed by atoms with Crippen molar-refractivity contribution in [3.8, 4) is 0 Å². The van der Waals surface area contributed by atoms with Crippen molar-refractivity contribution in [1.29, 1.82) is 0 Å². The molecule has 0 aromatic heterocycles. The Morgan fingerprint density at radius 1 is 1.53 bits per heavy atom. The van der Waals surface area contributed by atoms with Crippen LogP contribution in [0.5, 0.6) is 0 Å². The van der Waals surface area contributed by atoms with Crippen LogP contribution in [0.15, 0.2) is 12.2 Å². The van der Waals surface area contributed by atoms with Gasteiger partial charge in [-0.3, -0.25) is 10.5 Å². The molecular formula is C11H17NO5. The van der Waals surface area contributed by atoms with Crippen molar-refractivity contribution in [1.82, 2.24) is 0 Å². The quantitative estimate of drug-likeness (QED) is 0.533. The van der Waals surface area contributed by atoms with E-state index in [0.717, 1.165) is 0 Å². The van der Waals surface area contributed by atoms with E-state index in [1.54, 1.807) is 26.8 Å². The molecule has 0 fully saturated rings. The molecule has 96 valence electrons. The fourth-order valence-corrected chi connectivity index (χ4v) is 1.42. The van der Waals surface area contributed by atoms with Crippen LogP contribution < -0.4 is 5.73 Å². The van der Waals surface area contributed by atoms with E-state index in [9.17, 15) is 9.59 Å². The first-order valence-electron chi connectivity index (χ1n) is 5.22. The highest BCUT2D eigenvalue weighted by molar-refractivity contribution is 5.87. The van der Waals surface area contributed by atoms with E-state index in [-0.39, 0.29) is 6.61 Å². The molecule has 2 atom stereocenters. The molecule has 0 aromatic carbocycles. The summed E-state index contributed by atoms with van der Waals surface area (Å²) in [6.07, 6.45) is 2.95. The number of hydrogen-bond acceptors (Lipinski definition) is 5. The lowest BCUT2D eigenvalue weighted by atomic mass is 9.93. The van der Waals surface area contributed by atoms with Crippen molar-refractivity contribution in [2.45, 2.75) is 32.1 Å². The van der Waals surface area contributed by atoms with Gasteiger partial charge in [-0.2, -0.15) is 0 Å². The lowest BCUT2D eigenvalue weighted by Gasteiger charge is -2.34. The van der Waals surface area contributed by atoms with Gasteiger partial charge in [0.1, 0.15) is 11.5 Å². The molecule has 1 aliphatic rings. The Bertz CT molecular complexity index is 357. The van der Waals surface area contributed by atoms with Gasteiger partial charge in [0.2, 0.25) is 5.72 Å². The third-order valence-corrected chi connectivity index (χ3v) is 2.20. The van der Waals surface area contributed by atoms with E-state index in [4.69, 9.17) is 20.3 Å². The first kappa shape index (κ1) is 13.7. The molecule has 0 aliphatic carbocycles. The molecule has 1 heterocycles. The number of hydrogen-bond donors (Lipinski definition) is 2. The largest absolute Gasteiger partial charge is 0.478 e. The zero-order chi connectivity index (χ0) is 13.3. The lowest BCUT2D eigenvalue weighted by molar-refractivity contribution is -0.186. The molecule has 6 nitrogen and oxygen atoms in total. The summed E-state index contributed by atoms with van der Waals surface area (Å²) in [6, 6.07) is 0. The Morgan fingerprint density at radius 3 is 2.59 bits per heavy atom. The number of carbonyl (C=O) groups is 2. The number of carbonyl (C=O) groups excluding carboxylic acids is 1. The Hall–Kier alpha value is -1.40. The van der Waals surface area contributed by atoms with Gasteiger partial charge >= 0.3 is 11.9 Å². The summed E-state index contributed by atoms with van der Waals surface area (Å²) in [5.74, 6) is -3.25. The topological polar surface area (TPSA) is 98.9 Å². The molecule has 0 unspecified atom stereocenters. The standard InChI is InChI=1S/C11H17NO5/c1-10(2,3)17-8(13)7-5-4-6-16-11(7,12)9(14)15/h4-5,7H,6,12H2,1-3H3,(H,14,15)/t7-,11+/m1/s1. The minimum atomic E-state index is -2.06. The zero-order valence-corrected chi connectivity index (χ0v) is 10.1. The van der Waals surface area contributed by atoms with Crippen molar-refractivity contribution in [3.05, 3.63) is 12.2 Å². The highest BCUT2D eigenvalue weighted by Gasteiger charge is 2.49. The van der Waals surface area contributed by atoms with Crippen LogP contribution in [0.1, 0.15) is 20.8 Å². The second kappa shape index (κ2) is 4.46. The molecule has 1 rings (SSSR count). The average molecular weight is 243 g/mol. The van der Waals surface area contributed by atoms with Crippen molar-refractivity contribution < 1.29 is 24.2 Å². The van der Waals surface area contributed by atoms with E-state index in [2.05, 4.69) is 0 Å². The smallest absolute Gasteiger partial charge is 0.352 e. The summed E-state index contributed by atoms with van der Waals surface area (Å²) in [4.78, 5) is 22.9. The number of carboxylic acid groups (broad SMARTS) is 1. The second-order valence-electron chi connectivity index (χ2n) is 4.85. The molecular weight excluding hydrogens is 226 g/mol. The first-order valence-corrected chi connectivity index (χ1v) is 5.22. The number of esters is 1. The van der Waals surface area contributed by atoms with E-state index in [1.807, 2.05) is 0 Å². The Morgan fingerprint density at radius 2 is 2.12 bits per heavy atom. The van der Waals surface area contributed by atoms with Crippen LogP contribution in [0.4, 0.5) is 0 Å². The summed E-state index contributed by atoms with van der Waals surface area (Å²) in [5.41, 5.74) is 2.83. The Labute approximate surface area is 99.4 Å². The normalized spacial score (nSPS) is 28.8. The Balaban J connectivity index is 2.93. The summed E-state index contributed by atoms with van der Waals surface area (Å²) in [6.45, 7) is 5.13. The zero-order valence-electron chi connectivity index (χ0n) is 10.1. The summed E-state index contributed by atoms with van der Waals surface area (Å²) >= 11 is 0. The first-order chi connectivity index (χ1) is 7.67. The van der Waals surface area contributed by atoms with Gasteiger partial charge in [-0.25, -0.2) is 4.79 Å². The van der Waals surface area contributed by atoms with E-state index < -0.39 is 29.2 Å². The molecule has 3 N–H and O–H groups in total. The summed E-state index contributed by atoms with van der Waals surface area (Å²) in [7, 11) is 0. The Kier molecular flexibility index (Phi) is 3.59. The molecule has 1 aliphatic heterocycles. The third kappa shape index (κ3) is 3.04. The molecule has 0 saturated heterocycles. The predicted molar refractivity (Wildman–Crippen MR) is 59.0 cm³/mol. The number of aliphatic carboxylic acids is 1. The van der Waals surface area contributed by atoms with Gasteiger partial charge < -0.3 is 14.6 Å². The molecule has 0 radical (unpaired) electrons. The maximum atomic E-state index is 11.8. The van der Waals surface area contributed by atoms with Crippen LogP contribution in [0.2, 0.25) is 0 Å². The van der Waals surface area contributed by atoms with Crippen LogP contribution in [0.3, 0.4) is 0 Å². The van der Waals surface area contributed by atoms with Gasteiger partial charge in [0, 0.05) is 0 Å². The van der Waals surface area contributed by atoms with Gasteiger partial charge in [0.05, 0.1) is 6.61 Å². The molecule has 0 bridgehead atoms. The fraction of sp³-hybridized carbons (Fsp3) is 0.636.